The van der Waals surface area contributed by atoms with Crippen molar-refractivity contribution in [3.8, 4) is 11.5 Å². The quantitative estimate of drug-likeness (QED) is 0.527. The van der Waals surface area contributed by atoms with Gasteiger partial charge in [-0.1, -0.05) is 13.0 Å². The van der Waals surface area contributed by atoms with Crippen LogP contribution in [0.15, 0.2) is 53.6 Å². The van der Waals surface area contributed by atoms with Gasteiger partial charge in [0.05, 0.1) is 11.7 Å². The number of carboxylic acids is 1. The van der Waals surface area contributed by atoms with E-state index < -0.39 is 24.3 Å². The maximum Gasteiger partial charge on any atom is 0.277 e. The topological polar surface area (TPSA) is 100 Å². The van der Waals surface area contributed by atoms with Gasteiger partial charge in [-0.2, -0.15) is 5.10 Å². The van der Waals surface area contributed by atoms with E-state index in [-0.39, 0.29) is 12.4 Å². The third kappa shape index (κ3) is 6.77. The van der Waals surface area contributed by atoms with Gasteiger partial charge in [0.1, 0.15) is 23.9 Å². The molecule has 27 heavy (non-hydrogen) atoms. The van der Waals surface area contributed by atoms with Crippen molar-refractivity contribution >= 4 is 17.6 Å². The number of carbonyl (C=O) groups is 2. The highest BCUT2D eigenvalue weighted by Crippen LogP contribution is 2.14. The zero-order valence-electron chi connectivity index (χ0n) is 14.6. The largest absolute Gasteiger partial charge is 0.546 e. The number of hydrogen-bond acceptors (Lipinski definition) is 6. The van der Waals surface area contributed by atoms with Crippen LogP contribution in [-0.2, 0) is 9.59 Å². The van der Waals surface area contributed by atoms with Gasteiger partial charge in [0.25, 0.3) is 5.91 Å². The number of nitrogens with one attached hydrogen (secondary N) is 1. The van der Waals surface area contributed by atoms with E-state index >= 15 is 0 Å². The van der Waals surface area contributed by atoms with Crippen LogP contribution in [0.25, 0.3) is 0 Å². The first-order chi connectivity index (χ1) is 13.0. The van der Waals surface area contributed by atoms with Gasteiger partial charge >= 0.3 is 0 Å². The van der Waals surface area contributed by atoms with Crippen molar-refractivity contribution in [2.24, 2.45) is 5.10 Å². The molecular formula is C19H18FN2O5-. The van der Waals surface area contributed by atoms with E-state index in [1.54, 1.807) is 30.3 Å². The fraction of sp³-hybridized carbons (Fsp3) is 0.211. The van der Waals surface area contributed by atoms with E-state index in [2.05, 4.69) is 10.5 Å². The lowest BCUT2D eigenvalue weighted by atomic mass is 10.1. The molecule has 0 spiro atoms. The predicted molar refractivity (Wildman–Crippen MR) is 93.8 cm³/mol. The monoisotopic (exact) mass is 373 g/mol. The van der Waals surface area contributed by atoms with E-state index in [0.717, 1.165) is 5.56 Å². The van der Waals surface area contributed by atoms with Crippen molar-refractivity contribution < 1.29 is 28.6 Å². The van der Waals surface area contributed by atoms with E-state index in [1.807, 2.05) is 6.92 Å². The predicted octanol–water partition coefficient (Wildman–Crippen LogP) is 1.26. The van der Waals surface area contributed by atoms with Gasteiger partial charge in [-0.3, -0.25) is 4.79 Å². The number of amides is 1. The number of ether oxygens (including phenoxy) is 2. The standard InChI is InChI=1S/C19H19FN2O5/c1-2-17(13-6-8-15(9-7-13)27-12-19(24)25)21-22-18(23)11-26-16-5-3-4-14(20)10-16/h3-10H,2,11-12H2,1H3,(H,22,23)(H,24,25)/p-1/b21-17-. The summed E-state index contributed by atoms with van der Waals surface area (Å²) in [6.45, 7) is 1.03. The number of benzene rings is 2. The Morgan fingerprint density at radius 2 is 1.78 bits per heavy atom. The Morgan fingerprint density at radius 3 is 2.41 bits per heavy atom. The second-order valence-electron chi connectivity index (χ2n) is 5.38. The first-order valence-corrected chi connectivity index (χ1v) is 8.14. The summed E-state index contributed by atoms with van der Waals surface area (Å²) >= 11 is 0. The molecular weight excluding hydrogens is 355 g/mol. The molecule has 0 radical (unpaired) electrons. The van der Waals surface area contributed by atoms with E-state index in [4.69, 9.17) is 9.47 Å². The van der Waals surface area contributed by atoms with Crippen molar-refractivity contribution in [2.75, 3.05) is 13.2 Å². The molecule has 2 aromatic rings. The molecule has 1 amide bonds. The Bertz CT molecular complexity index is 821. The second kappa shape index (κ2) is 9.91. The summed E-state index contributed by atoms with van der Waals surface area (Å²) in [5.74, 6) is -1.62. The minimum Gasteiger partial charge on any atom is -0.546 e. The van der Waals surface area contributed by atoms with E-state index in [0.29, 0.717) is 17.9 Å². The molecule has 1 N–H and O–H groups in total. The summed E-state index contributed by atoms with van der Waals surface area (Å²) in [5, 5.41) is 14.4. The van der Waals surface area contributed by atoms with Crippen LogP contribution in [0, 0.1) is 5.82 Å². The average molecular weight is 373 g/mol. The van der Waals surface area contributed by atoms with Crippen molar-refractivity contribution in [3.05, 3.63) is 59.9 Å². The van der Waals surface area contributed by atoms with Crippen molar-refractivity contribution in [3.63, 3.8) is 0 Å². The fourth-order valence-corrected chi connectivity index (χ4v) is 2.10. The van der Waals surface area contributed by atoms with E-state index in [9.17, 15) is 19.1 Å². The molecule has 0 bridgehead atoms. The van der Waals surface area contributed by atoms with Crippen LogP contribution in [0.4, 0.5) is 4.39 Å². The molecule has 0 saturated carbocycles. The zero-order chi connectivity index (χ0) is 19.6. The Kier molecular flexibility index (Phi) is 7.30. The Labute approximate surface area is 155 Å². The highest BCUT2D eigenvalue weighted by atomic mass is 19.1. The van der Waals surface area contributed by atoms with Crippen LogP contribution in [0.2, 0.25) is 0 Å². The third-order valence-corrected chi connectivity index (χ3v) is 3.36. The van der Waals surface area contributed by atoms with Gasteiger partial charge < -0.3 is 19.4 Å². The highest BCUT2D eigenvalue weighted by molar-refractivity contribution is 6.01. The minimum absolute atomic E-state index is 0.247. The molecule has 7 nitrogen and oxygen atoms in total. The van der Waals surface area contributed by atoms with Crippen LogP contribution < -0.4 is 20.0 Å². The molecule has 0 aliphatic rings. The van der Waals surface area contributed by atoms with Crippen LogP contribution >= 0.6 is 0 Å². The molecule has 0 aliphatic heterocycles. The number of nitrogens with zero attached hydrogens (tertiary/aromatic N) is 1. The second-order valence-corrected chi connectivity index (χ2v) is 5.38. The lowest BCUT2D eigenvalue weighted by Gasteiger charge is -2.09. The van der Waals surface area contributed by atoms with Gasteiger partial charge in [-0.05, 0) is 48.4 Å². The molecule has 2 aromatic carbocycles. The van der Waals surface area contributed by atoms with Crippen LogP contribution in [0.3, 0.4) is 0 Å². The Balaban J connectivity index is 1.90. The van der Waals surface area contributed by atoms with Crippen LogP contribution in [0.1, 0.15) is 18.9 Å². The van der Waals surface area contributed by atoms with Crippen LogP contribution in [0.5, 0.6) is 11.5 Å². The van der Waals surface area contributed by atoms with E-state index in [1.165, 1.54) is 18.2 Å². The van der Waals surface area contributed by atoms with Gasteiger partial charge in [0, 0.05) is 6.07 Å². The minimum atomic E-state index is -1.31. The number of halogens is 1. The number of rotatable bonds is 9. The highest BCUT2D eigenvalue weighted by Gasteiger charge is 2.06. The first kappa shape index (κ1) is 19.9. The third-order valence-electron chi connectivity index (χ3n) is 3.36. The zero-order valence-corrected chi connectivity index (χ0v) is 14.6. The lowest BCUT2D eigenvalue weighted by Crippen LogP contribution is -2.28. The number of carbonyl (C=O) groups excluding carboxylic acids is 2. The molecule has 0 aromatic heterocycles. The molecule has 0 aliphatic carbocycles. The van der Waals surface area contributed by atoms with Gasteiger partial charge in [0.2, 0.25) is 0 Å². The van der Waals surface area contributed by atoms with Gasteiger partial charge in [-0.15, -0.1) is 0 Å². The molecule has 0 atom stereocenters. The van der Waals surface area contributed by atoms with Gasteiger partial charge in [-0.25, -0.2) is 9.82 Å². The lowest BCUT2D eigenvalue weighted by molar-refractivity contribution is -0.307. The Hall–Kier alpha value is -3.42. The number of hydrazone groups is 1. The normalized spacial score (nSPS) is 11.0. The summed E-state index contributed by atoms with van der Waals surface area (Å²) in [7, 11) is 0. The maximum absolute atomic E-state index is 13.1. The molecule has 8 heteroatoms. The Morgan fingerprint density at radius 1 is 1.07 bits per heavy atom. The maximum atomic E-state index is 13.1. The van der Waals surface area contributed by atoms with Crippen LogP contribution in [-0.4, -0.2) is 30.8 Å². The van der Waals surface area contributed by atoms with Crippen molar-refractivity contribution in [2.45, 2.75) is 13.3 Å². The smallest absolute Gasteiger partial charge is 0.277 e. The fourth-order valence-electron chi connectivity index (χ4n) is 2.10. The molecule has 0 fully saturated rings. The summed E-state index contributed by atoms with van der Waals surface area (Å²) < 4.78 is 23.2. The number of hydrogen-bond donors (Lipinski definition) is 1. The molecule has 0 saturated heterocycles. The summed E-state index contributed by atoms with van der Waals surface area (Å²) in [5.41, 5.74) is 3.74. The van der Waals surface area contributed by atoms with Crippen molar-refractivity contribution in [1.82, 2.24) is 5.43 Å². The van der Waals surface area contributed by atoms with Gasteiger partial charge in [0.15, 0.2) is 6.61 Å². The average Bonchev–Trinajstić information content (AvgIpc) is 2.66. The van der Waals surface area contributed by atoms with Crippen molar-refractivity contribution in [1.29, 1.82) is 0 Å². The molecule has 0 heterocycles. The SMILES string of the molecule is CC/C(=N/NC(=O)COc1cccc(F)c1)c1ccc(OCC(=O)[O-])cc1. The molecule has 2 rings (SSSR count). The molecule has 0 unspecified atom stereocenters. The number of aliphatic carboxylic acids is 1. The molecule has 142 valence electrons. The first-order valence-electron chi connectivity index (χ1n) is 8.14. The summed E-state index contributed by atoms with van der Waals surface area (Å²) in [6, 6.07) is 12.1. The summed E-state index contributed by atoms with van der Waals surface area (Å²) in [4.78, 5) is 22.2. The number of carboxylic acid groups (broad SMARTS) is 1. The summed E-state index contributed by atoms with van der Waals surface area (Å²) in [6.07, 6.45) is 0.546.